The number of hydrogen-bond acceptors (Lipinski definition) is 6. The van der Waals surface area contributed by atoms with Gasteiger partial charge in [0.25, 0.3) is 5.56 Å². The van der Waals surface area contributed by atoms with Crippen LogP contribution in [0.1, 0.15) is 5.69 Å². The second kappa shape index (κ2) is 8.86. The molecule has 31 heavy (non-hydrogen) atoms. The fourth-order valence-electron chi connectivity index (χ4n) is 2.88. The topological polar surface area (TPSA) is 106 Å². The van der Waals surface area contributed by atoms with Crippen LogP contribution in [0.3, 0.4) is 0 Å². The lowest BCUT2D eigenvalue weighted by Gasteiger charge is -2.16. The SMILES string of the molecule is CN=CC(=CN)c1nc(-c2ccc(Cl)cc2)cc2c(=O)n(CC(O)C(F)(F)F)cnc12. The van der Waals surface area contributed by atoms with E-state index < -0.39 is 24.4 Å². The van der Waals surface area contributed by atoms with Crippen LogP contribution in [0.5, 0.6) is 0 Å². The van der Waals surface area contributed by atoms with Crippen molar-refractivity contribution in [1.82, 2.24) is 14.5 Å². The Hall–Kier alpha value is -3.24. The first-order valence-electron chi connectivity index (χ1n) is 8.91. The summed E-state index contributed by atoms with van der Waals surface area (Å²) in [5.74, 6) is 0. The number of pyridine rings is 1. The van der Waals surface area contributed by atoms with Crippen LogP contribution in [-0.4, -0.2) is 45.2 Å². The van der Waals surface area contributed by atoms with Crippen molar-refractivity contribution in [3.05, 3.63) is 63.9 Å². The van der Waals surface area contributed by atoms with E-state index in [0.717, 1.165) is 6.33 Å². The van der Waals surface area contributed by atoms with Crippen molar-refractivity contribution in [2.45, 2.75) is 18.8 Å². The maximum atomic E-state index is 13.0. The quantitative estimate of drug-likeness (QED) is 0.580. The Bertz CT molecular complexity index is 1220. The molecule has 2 aromatic heterocycles. The Labute approximate surface area is 179 Å². The van der Waals surface area contributed by atoms with E-state index in [-0.39, 0.29) is 16.6 Å². The van der Waals surface area contributed by atoms with Crippen molar-refractivity contribution < 1.29 is 18.3 Å². The van der Waals surface area contributed by atoms with Crippen LogP contribution in [0.2, 0.25) is 5.02 Å². The van der Waals surface area contributed by atoms with Gasteiger partial charge in [-0.05, 0) is 18.2 Å². The molecular formula is C20H17ClF3N5O2. The number of allylic oxidation sites excluding steroid dienone is 1. The molecule has 1 aromatic carbocycles. The van der Waals surface area contributed by atoms with Crippen molar-refractivity contribution in [3.8, 4) is 11.3 Å². The number of fused-ring (bicyclic) bond motifs is 1. The van der Waals surface area contributed by atoms with E-state index in [0.29, 0.717) is 26.4 Å². The molecule has 0 bridgehead atoms. The molecule has 162 valence electrons. The van der Waals surface area contributed by atoms with Gasteiger partial charge in [-0.25, -0.2) is 9.97 Å². The van der Waals surface area contributed by atoms with Gasteiger partial charge in [-0.2, -0.15) is 13.2 Å². The highest BCUT2D eigenvalue weighted by Gasteiger charge is 2.38. The van der Waals surface area contributed by atoms with Gasteiger partial charge >= 0.3 is 6.18 Å². The molecule has 3 aromatic rings. The Kier molecular flexibility index (Phi) is 6.42. The fraction of sp³-hybridized carbons (Fsp3) is 0.200. The van der Waals surface area contributed by atoms with Crippen LogP contribution >= 0.6 is 11.6 Å². The number of rotatable bonds is 5. The molecule has 0 fully saturated rings. The van der Waals surface area contributed by atoms with Crippen molar-refractivity contribution in [2.75, 3.05) is 7.05 Å². The molecule has 1 unspecified atom stereocenters. The van der Waals surface area contributed by atoms with E-state index >= 15 is 0 Å². The predicted molar refractivity (Wildman–Crippen MR) is 113 cm³/mol. The zero-order chi connectivity index (χ0) is 22.8. The molecule has 0 aliphatic heterocycles. The van der Waals surface area contributed by atoms with Crippen LogP contribution in [0.4, 0.5) is 13.2 Å². The van der Waals surface area contributed by atoms with Gasteiger partial charge < -0.3 is 10.8 Å². The molecule has 0 spiro atoms. The van der Waals surface area contributed by atoms with Crippen LogP contribution in [0, 0.1) is 0 Å². The van der Waals surface area contributed by atoms with Gasteiger partial charge in [-0.3, -0.25) is 14.4 Å². The van der Waals surface area contributed by atoms with Gasteiger partial charge in [0.05, 0.1) is 24.0 Å². The van der Waals surface area contributed by atoms with E-state index in [9.17, 15) is 23.1 Å². The lowest BCUT2D eigenvalue weighted by molar-refractivity contribution is -0.207. The lowest BCUT2D eigenvalue weighted by Crippen LogP contribution is -2.36. The highest BCUT2D eigenvalue weighted by Crippen LogP contribution is 2.27. The normalized spacial score (nSPS) is 13.8. The van der Waals surface area contributed by atoms with Crippen LogP contribution in [0.25, 0.3) is 27.7 Å². The zero-order valence-corrected chi connectivity index (χ0v) is 16.9. The molecule has 3 rings (SSSR count). The minimum Gasteiger partial charge on any atom is -0.404 e. The first-order valence-corrected chi connectivity index (χ1v) is 9.29. The molecule has 0 aliphatic rings. The van der Waals surface area contributed by atoms with Crippen LogP contribution < -0.4 is 11.3 Å². The number of aromatic nitrogens is 3. The molecular weight excluding hydrogens is 435 g/mol. The Morgan fingerprint density at radius 1 is 1.35 bits per heavy atom. The number of aliphatic hydroxyl groups excluding tert-OH is 1. The second-order valence-electron chi connectivity index (χ2n) is 6.53. The fourth-order valence-corrected chi connectivity index (χ4v) is 3.00. The maximum Gasteiger partial charge on any atom is 0.416 e. The molecule has 0 saturated heterocycles. The molecule has 1 atom stereocenters. The minimum absolute atomic E-state index is 0.00989. The van der Waals surface area contributed by atoms with Gasteiger partial charge in [0.15, 0.2) is 6.10 Å². The Morgan fingerprint density at radius 2 is 2.03 bits per heavy atom. The van der Waals surface area contributed by atoms with Crippen molar-refractivity contribution in [2.24, 2.45) is 10.7 Å². The first kappa shape index (κ1) is 22.4. The molecule has 0 saturated carbocycles. The van der Waals surface area contributed by atoms with E-state index in [2.05, 4.69) is 15.0 Å². The van der Waals surface area contributed by atoms with Gasteiger partial charge in [0.1, 0.15) is 11.2 Å². The number of alkyl halides is 3. The average Bonchev–Trinajstić information content (AvgIpc) is 2.73. The van der Waals surface area contributed by atoms with Crippen LogP contribution in [0.15, 0.2) is 52.6 Å². The molecule has 2 heterocycles. The Balaban J connectivity index is 2.28. The third kappa shape index (κ3) is 4.75. The predicted octanol–water partition coefficient (Wildman–Crippen LogP) is 3.04. The number of aliphatic imine (C=N–C) groups is 1. The molecule has 7 nitrogen and oxygen atoms in total. The Morgan fingerprint density at radius 3 is 2.61 bits per heavy atom. The number of nitrogens with two attached hydrogens (primary N) is 1. The average molecular weight is 452 g/mol. The summed E-state index contributed by atoms with van der Waals surface area (Å²) < 4.78 is 39.0. The summed E-state index contributed by atoms with van der Waals surface area (Å²) in [4.78, 5) is 25.5. The highest BCUT2D eigenvalue weighted by atomic mass is 35.5. The van der Waals surface area contributed by atoms with E-state index in [1.54, 1.807) is 24.3 Å². The monoisotopic (exact) mass is 451 g/mol. The molecule has 3 N–H and O–H groups in total. The number of halogens is 4. The number of aliphatic hydroxyl groups is 1. The van der Waals surface area contributed by atoms with Gasteiger partial charge in [-0.15, -0.1) is 0 Å². The standard InChI is InChI=1S/C20H17ClF3N5O2/c1-26-8-12(7-25)17-18-14(6-15(28-17)11-2-4-13(21)5-3-11)19(31)29(10-27-18)9-16(30)20(22,23)24/h2-8,10,16,30H,9,25H2,1H3. The van der Waals surface area contributed by atoms with Gasteiger partial charge in [0.2, 0.25) is 0 Å². The highest BCUT2D eigenvalue weighted by molar-refractivity contribution is 6.30. The van der Waals surface area contributed by atoms with Crippen molar-refractivity contribution in [1.29, 1.82) is 0 Å². The van der Waals surface area contributed by atoms with Gasteiger partial charge in [-0.1, -0.05) is 23.7 Å². The molecule has 0 amide bonds. The molecule has 0 aliphatic carbocycles. The molecule has 11 heteroatoms. The summed E-state index contributed by atoms with van der Waals surface area (Å²) in [5, 5.41) is 9.87. The third-order valence-electron chi connectivity index (χ3n) is 4.42. The summed E-state index contributed by atoms with van der Waals surface area (Å²) in [5.41, 5.74) is 6.63. The largest absolute Gasteiger partial charge is 0.416 e. The smallest absolute Gasteiger partial charge is 0.404 e. The second-order valence-corrected chi connectivity index (χ2v) is 6.96. The van der Waals surface area contributed by atoms with Crippen molar-refractivity contribution in [3.63, 3.8) is 0 Å². The summed E-state index contributed by atoms with van der Waals surface area (Å²) in [7, 11) is 1.52. The summed E-state index contributed by atoms with van der Waals surface area (Å²) >= 11 is 5.93. The minimum atomic E-state index is -4.88. The summed E-state index contributed by atoms with van der Waals surface area (Å²) in [6.45, 7) is -0.991. The maximum absolute atomic E-state index is 13.0. The van der Waals surface area contributed by atoms with E-state index in [1.807, 2.05) is 0 Å². The zero-order valence-electron chi connectivity index (χ0n) is 16.1. The van der Waals surface area contributed by atoms with Gasteiger partial charge in [0, 0.05) is 35.6 Å². The first-order chi connectivity index (χ1) is 14.7. The summed E-state index contributed by atoms with van der Waals surface area (Å²) in [6, 6.07) is 8.06. The summed E-state index contributed by atoms with van der Waals surface area (Å²) in [6.07, 6.45) is -3.99. The van der Waals surface area contributed by atoms with Crippen LogP contribution in [-0.2, 0) is 6.54 Å². The third-order valence-corrected chi connectivity index (χ3v) is 4.67. The number of nitrogens with zero attached hydrogens (tertiary/aromatic N) is 4. The van der Waals surface area contributed by atoms with E-state index in [1.165, 1.54) is 25.5 Å². The van der Waals surface area contributed by atoms with E-state index in [4.69, 9.17) is 17.3 Å². The number of benzene rings is 1. The molecule has 0 radical (unpaired) electrons. The number of hydrogen-bond donors (Lipinski definition) is 2. The lowest BCUT2D eigenvalue weighted by atomic mass is 10.1. The van der Waals surface area contributed by atoms with Crippen molar-refractivity contribution >= 4 is 34.3 Å².